The minimum absolute atomic E-state index is 0. The molecular weight excluding hydrogens is 354 g/mol. The van der Waals surface area contributed by atoms with Gasteiger partial charge in [-0.05, 0) is 36.6 Å². The molecule has 0 spiro atoms. The molecule has 1 aliphatic rings. The summed E-state index contributed by atoms with van der Waals surface area (Å²) in [7, 11) is 1.65. The lowest BCUT2D eigenvalue weighted by molar-refractivity contribution is 0.174. The molecule has 1 aromatic heterocycles. The first kappa shape index (κ1) is 18.1. The molecule has 0 fully saturated rings. The molecule has 2 heterocycles. The van der Waals surface area contributed by atoms with Crippen LogP contribution in [0.1, 0.15) is 18.2 Å². The molecule has 0 bridgehead atoms. The Balaban J connectivity index is 0.00000196. The number of hydrogen-bond acceptors (Lipinski definition) is 5. The van der Waals surface area contributed by atoms with Crippen LogP contribution >= 0.6 is 12.4 Å². The highest BCUT2D eigenvalue weighted by Gasteiger charge is 2.17. The Hall–Kier alpha value is -2.66. The Bertz CT molecular complexity index is 929. The SMILES string of the molecule is CCOc1c(Cc2nccc3cc4c(cc23)OCO4)cccc1OC.Cl. The molecule has 0 saturated heterocycles. The van der Waals surface area contributed by atoms with E-state index < -0.39 is 0 Å². The molecule has 0 saturated carbocycles. The summed E-state index contributed by atoms with van der Waals surface area (Å²) in [4.78, 5) is 4.59. The number of hydrogen-bond donors (Lipinski definition) is 0. The van der Waals surface area contributed by atoms with Crippen molar-refractivity contribution in [2.45, 2.75) is 13.3 Å². The monoisotopic (exact) mass is 373 g/mol. The third kappa shape index (κ3) is 3.22. The second kappa shape index (κ2) is 7.70. The van der Waals surface area contributed by atoms with E-state index in [1.165, 1.54) is 0 Å². The zero-order valence-corrected chi connectivity index (χ0v) is 15.5. The predicted octanol–water partition coefficient (Wildman–Crippen LogP) is 4.38. The van der Waals surface area contributed by atoms with Gasteiger partial charge in [-0.3, -0.25) is 4.98 Å². The van der Waals surface area contributed by atoms with E-state index in [-0.39, 0.29) is 19.2 Å². The van der Waals surface area contributed by atoms with Crippen LogP contribution in [0.4, 0.5) is 0 Å². The van der Waals surface area contributed by atoms with Crippen LogP contribution in [0.2, 0.25) is 0 Å². The summed E-state index contributed by atoms with van der Waals surface area (Å²) in [5.74, 6) is 3.04. The van der Waals surface area contributed by atoms with Crippen LogP contribution in [0.25, 0.3) is 10.8 Å². The zero-order chi connectivity index (χ0) is 17.2. The van der Waals surface area contributed by atoms with E-state index in [1.54, 1.807) is 7.11 Å². The molecule has 1 aliphatic heterocycles. The van der Waals surface area contributed by atoms with Crippen molar-refractivity contribution in [1.29, 1.82) is 0 Å². The Morgan fingerprint density at radius 1 is 1.12 bits per heavy atom. The fraction of sp³-hybridized carbons (Fsp3) is 0.250. The fourth-order valence-corrected chi connectivity index (χ4v) is 3.11. The first-order valence-electron chi connectivity index (χ1n) is 8.26. The molecule has 0 unspecified atom stereocenters. The number of pyridine rings is 1. The lowest BCUT2D eigenvalue weighted by Crippen LogP contribution is -2.01. The molecule has 0 radical (unpaired) electrons. The maximum absolute atomic E-state index is 5.82. The van der Waals surface area contributed by atoms with Crippen molar-refractivity contribution in [3.63, 3.8) is 0 Å². The standard InChI is InChI=1S/C20H19NO4.ClH/c1-3-23-20-14(5-4-6-17(20)22-2)9-16-15-11-19-18(24-12-25-19)10-13(15)7-8-21-16;/h4-8,10-11H,3,9,12H2,1-2H3;1H. The lowest BCUT2D eigenvalue weighted by Gasteiger charge is -2.14. The van der Waals surface area contributed by atoms with Gasteiger partial charge in [0, 0.05) is 23.6 Å². The first-order chi connectivity index (χ1) is 12.3. The van der Waals surface area contributed by atoms with Crippen molar-refractivity contribution in [3.05, 3.63) is 53.9 Å². The molecule has 0 atom stereocenters. The number of aromatic nitrogens is 1. The average molecular weight is 374 g/mol. The van der Waals surface area contributed by atoms with Gasteiger partial charge < -0.3 is 18.9 Å². The fourth-order valence-electron chi connectivity index (χ4n) is 3.11. The third-order valence-electron chi connectivity index (χ3n) is 4.27. The number of nitrogens with zero attached hydrogens (tertiary/aromatic N) is 1. The second-order valence-electron chi connectivity index (χ2n) is 5.74. The Morgan fingerprint density at radius 2 is 1.92 bits per heavy atom. The van der Waals surface area contributed by atoms with Crippen LogP contribution in [0.15, 0.2) is 42.6 Å². The number of halogens is 1. The minimum atomic E-state index is 0. The highest BCUT2D eigenvalue weighted by atomic mass is 35.5. The molecular formula is C20H20ClNO4. The van der Waals surface area contributed by atoms with Crippen LogP contribution in [0.3, 0.4) is 0 Å². The third-order valence-corrected chi connectivity index (χ3v) is 4.27. The topological polar surface area (TPSA) is 49.8 Å². The van der Waals surface area contributed by atoms with Crippen LogP contribution in [-0.2, 0) is 6.42 Å². The van der Waals surface area contributed by atoms with Gasteiger partial charge in [-0.2, -0.15) is 0 Å². The van der Waals surface area contributed by atoms with Gasteiger partial charge in [0.1, 0.15) is 0 Å². The van der Waals surface area contributed by atoms with Crippen molar-refractivity contribution in [2.75, 3.05) is 20.5 Å². The van der Waals surface area contributed by atoms with E-state index in [0.717, 1.165) is 45.0 Å². The van der Waals surface area contributed by atoms with Crippen LogP contribution in [0.5, 0.6) is 23.0 Å². The van der Waals surface area contributed by atoms with E-state index in [9.17, 15) is 0 Å². The van der Waals surface area contributed by atoms with Gasteiger partial charge in [-0.15, -0.1) is 12.4 Å². The number of para-hydroxylation sites is 1. The molecule has 0 aliphatic carbocycles. The minimum Gasteiger partial charge on any atom is -0.493 e. The summed E-state index contributed by atoms with van der Waals surface area (Å²) in [6.07, 6.45) is 2.46. The van der Waals surface area contributed by atoms with Crippen molar-refractivity contribution in [1.82, 2.24) is 4.98 Å². The van der Waals surface area contributed by atoms with Gasteiger partial charge in [0.2, 0.25) is 6.79 Å². The summed E-state index contributed by atoms with van der Waals surface area (Å²) >= 11 is 0. The van der Waals surface area contributed by atoms with Crippen molar-refractivity contribution >= 4 is 23.2 Å². The Labute approximate surface area is 158 Å². The highest BCUT2D eigenvalue weighted by molar-refractivity contribution is 5.88. The molecule has 0 amide bonds. The molecule has 4 rings (SSSR count). The van der Waals surface area contributed by atoms with E-state index in [2.05, 4.69) is 4.98 Å². The summed E-state index contributed by atoms with van der Waals surface area (Å²) in [6, 6.07) is 11.9. The first-order valence-corrected chi connectivity index (χ1v) is 8.26. The Kier molecular flexibility index (Phi) is 5.38. The van der Waals surface area contributed by atoms with Gasteiger partial charge in [0.25, 0.3) is 0 Å². The van der Waals surface area contributed by atoms with Crippen molar-refractivity contribution in [3.8, 4) is 23.0 Å². The normalized spacial score (nSPS) is 11.9. The van der Waals surface area contributed by atoms with Crippen LogP contribution in [0, 0.1) is 0 Å². The van der Waals surface area contributed by atoms with E-state index >= 15 is 0 Å². The van der Waals surface area contributed by atoms with E-state index in [4.69, 9.17) is 18.9 Å². The smallest absolute Gasteiger partial charge is 0.231 e. The summed E-state index contributed by atoms with van der Waals surface area (Å²) < 4.78 is 22.2. The quantitative estimate of drug-likeness (QED) is 0.664. The van der Waals surface area contributed by atoms with Crippen LogP contribution < -0.4 is 18.9 Å². The molecule has 26 heavy (non-hydrogen) atoms. The van der Waals surface area contributed by atoms with Gasteiger partial charge in [-0.1, -0.05) is 12.1 Å². The van der Waals surface area contributed by atoms with E-state index in [1.807, 2.05) is 49.5 Å². The second-order valence-corrected chi connectivity index (χ2v) is 5.74. The molecule has 2 aromatic carbocycles. The van der Waals surface area contributed by atoms with E-state index in [0.29, 0.717) is 13.0 Å². The summed E-state index contributed by atoms with van der Waals surface area (Å²) in [5, 5.41) is 2.13. The maximum Gasteiger partial charge on any atom is 0.231 e. The number of ether oxygens (including phenoxy) is 4. The maximum atomic E-state index is 5.82. The predicted molar refractivity (Wildman–Crippen MR) is 102 cm³/mol. The number of rotatable bonds is 5. The Morgan fingerprint density at radius 3 is 2.69 bits per heavy atom. The zero-order valence-electron chi connectivity index (χ0n) is 14.7. The number of benzene rings is 2. The van der Waals surface area contributed by atoms with Gasteiger partial charge in [0.15, 0.2) is 23.0 Å². The largest absolute Gasteiger partial charge is 0.493 e. The van der Waals surface area contributed by atoms with Crippen molar-refractivity contribution < 1.29 is 18.9 Å². The highest BCUT2D eigenvalue weighted by Crippen LogP contribution is 2.38. The molecule has 3 aromatic rings. The van der Waals surface area contributed by atoms with Gasteiger partial charge in [-0.25, -0.2) is 0 Å². The van der Waals surface area contributed by atoms with Crippen LogP contribution in [-0.4, -0.2) is 25.5 Å². The lowest BCUT2D eigenvalue weighted by atomic mass is 10.0. The number of methoxy groups -OCH3 is 1. The van der Waals surface area contributed by atoms with Crippen molar-refractivity contribution in [2.24, 2.45) is 0 Å². The molecule has 6 heteroatoms. The van der Waals surface area contributed by atoms with Gasteiger partial charge >= 0.3 is 0 Å². The molecule has 136 valence electrons. The van der Waals surface area contributed by atoms with Gasteiger partial charge in [0.05, 0.1) is 19.4 Å². The number of fused-ring (bicyclic) bond motifs is 2. The summed E-state index contributed by atoms with van der Waals surface area (Å²) in [6.45, 7) is 2.81. The molecule has 0 N–H and O–H groups in total. The molecule has 5 nitrogen and oxygen atoms in total. The summed E-state index contributed by atoms with van der Waals surface area (Å²) in [5.41, 5.74) is 2.00. The average Bonchev–Trinajstić information content (AvgIpc) is 3.09.